The van der Waals surface area contributed by atoms with Crippen molar-refractivity contribution < 1.29 is 9.90 Å². The highest BCUT2D eigenvalue weighted by Gasteiger charge is 2.47. The van der Waals surface area contributed by atoms with Gasteiger partial charge in [0.05, 0.1) is 6.42 Å². The summed E-state index contributed by atoms with van der Waals surface area (Å²) in [5, 5.41) is 8.83. The molecule has 0 spiro atoms. The molecule has 0 aromatic carbocycles. The number of hydrogen-bond donors (Lipinski definition) is 2. The number of hydrogen-bond acceptors (Lipinski definition) is 1. The molecule has 0 amide bonds. The predicted molar refractivity (Wildman–Crippen MR) is 53.4 cm³/mol. The van der Waals surface area contributed by atoms with Crippen molar-refractivity contribution in [2.24, 2.45) is 0 Å². The van der Waals surface area contributed by atoms with Crippen molar-refractivity contribution in [3.05, 3.63) is 23.0 Å². The number of aliphatic carboxylic acids is 1. The summed E-state index contributed by atoms with van der Waals surface area (Å²) in [7, 11) is 0. The molecule has 14 heavy (non-hydrogen) atoms. The van der Waals surface area contributed by atoms with E-state index in [-0.39, 0.29) is 11.8 Å². The Kier molecular flexibility index (Phi) is 1.91. The van der Waals surface area contributed by atoms with Gasteiger partial charge in [-0.1, -0.05) is 0 Å². The van der Waals surface area contributed by atoms with E-state index in [1.807, 2.05) is 13.1 Å². The molecule has 0 aliphatic heterocycles. The van der Waals surface area contributed by atoms with Crippen LogP contribution in [-0.2, 0) is 10.2 Å². The Morgan fingerprint density at radius 3 is 2.57 bits per heavy atom. The van der Waals surface area contributed by atoms with E-state index < -0.39 is 5.97 Å². The van der Waals surface area contributed by atoms with Gasteiger partial charge in [-0.2, -0.15) is 0 Å². The molecule has 0 saturated heterocycles. The van der Waals surface area contributed by atoms with Gasteiger partial charge in [-0.3, -0.25) is 4.79 Å². The predicted octanol–water partition coefficient (Wildman–Crippen LogP) is 2.14. The van der Waals surface area contributed by atoms with Gasteiger partial charge in [0.2, 0.25) is 0 Å². The summed E-state index contributed by atoms with van der Waals surface area (Å²) in [6, 6.07) is 0. The summed E-state index contributed by atoms with van der Waals surface area (Å²) in [5.74, 6) is -0.700. The van der Waals surface area contributed by atoms with Crippen molar-refractivity contribution in [3.63, 3.8) is 0 Å². The number of aryl methyl sites for hydroxylation is 1. The largest absolute Gasteiger partial charge is 0.481 e. The van der Waals surface area contributed by atoms with Crippen LogP contribution in [0.3, 0.4) is 0 Å². The first kappa shape index (κ1) is 9.31. The quantitative estimate of drug-likeness (QED) is 0.772. The minimum atomic E-state index is -0.700. The lowest BCUT2D eigenvalue weighted by Gasteiger charge is -2.12. The van der Waals surface area contributed by atoms with E-state index in [0.29, 0.717) is 0 Å². The molecule has 1 aromatic heterocycles. The van der Waals surface area contributed by atoms with Crippen molar-refractivity contribution in [2.45, 2.75) is 38.5 Å². The molecule has 76 valence electrons. The van der Waals surface area contributed by atoms with Gasteiger partial charge in [0, 0.05) is 17.3 Å². The Balaban J connectivity index is 2.30. The Hall–Kier alpha value is -1.25. The molecule has 0 bridgehead atoms. The van der Waals surface area contributed by atoms with Crippen LogP contribution in [0.15, 0.2) is 6.20 Å². The zero-order valence-corrected chi connectivity index (χ0v) is 8.55. The maximum absolute atomic E-state index is 10.7. The topological polar surface area (TPSA) is 53.1 Å². The molecule has 3 heteroatoms. The third kappa shape index (κ3) is 1.33. The number of carbonyl (C=O) groups is 1. The van der Waals surface area contributed by atoms with Gasteiger partial charge < -0.3 is 10.1 Å². The van der Waals surface area contributed by atoms with E-state index in [2.05, 4.69) is 11.9 Å². The van der Waals surface area contributed by atoms with Gasteiger partial charge in [-0.25, -0.2) is 0 Å². The van der Waals surface area contributed by atoms with Gasteiger partial charge in [-0.15, -0.1) is 0 Å². The Labute approximate surface area is 83.1 Å². The van der Waals surface area contributed by atoms with E-state index in [0.717, 1.165) is 18.5 Å². The molecule has 1 saturated carbocycles. The van der Waals surface area contributed by atoms with Gasteiger partial charge in [0.15, 0.2) is 0 Å². The molecule has 1 aliphatic rings. The first-order chi connectivity index (χ1) is 6.55. The molecular formula is C11H15NO2. The number of aromatic nitrogens is 1. The molecule has 0 radical (unpaired) electrons. The van der Waals surface area contributed by atoms with Crippen molar-refractivity contribution in [3.8, 4) is 0 Å². The van der Waals surface area contributed by atoms with Crippen LogP contribution in [0.4, 0.5) is 0 Å². The molecule has 2 N–H and O–H groups in total. The van der Waals surface area contributed by atoms with Crippen molar-refractivity contribution >= 4 is 5.97 Å². The lowest BCUT2D eigenvalue weighted by Crippen LogP contribution is -2.14. The summed E-state index contributed by atoms with van der Waals surface area (Å²) in [5.41, 5.74) is 3.50. The van der Waals surface area contributed by atoms with Gasteiger partial charge in [0.1, 0.15) is 0 Å². The molecule has 1 fully saturated rings. The third-order valence-electron chi connectivity index (χ3n) is 3.27. The monoisotopic (exact) mass is 193 g/mol. The van der Waals surface area contributed by atoms with Crippen LogP contribution >= 0.6 is 0 Å². The van der Waals surface area contributed by atoms with Crippen LogP contribution in [0, 0.1) is 13.8 Å². The van der Waals surface area contributed by atoms with Crippen LogP contribution in [0.1, 0.15) is 36.1 Å². The number of H-pyrrole nitrogens is 1. The summed E-state index contributed by atoms with van der Waals surface area (Å²) in [4.78, 5) is 14.0. The average molecular weight is 193 g/mol. The standard InChI is InChI=1S/C11H15NO2/c1-7-6-12-10(8(7)2)11(3-4-11)5-9(13)14/h6,12H,3-5H2,1-2H3,(H,13,14). The SMILES string of the molecule is Cc1c[nH]c(C2(CC(=O)O)CC2)c1C. The lowest BCUT2D eigenvalue weighted by atomic mass is 9.94. The first-order valence-electron chi connectivity index (χ1n) is 4.92. The maximum atomic E-state index is 10.7. The fraction of sp³-hybridized carbons (Fsp3) is 0.545. The van der Waals surface area contributed by atoms with Crippen molar-refractivity contribution in [1.82, 2.24) is 4.98 Å². The molecule has 1 aliphatic carbocycles. The lowest BCUT2D eigenvalue weighted by molar-refractivity contribution is -0.137. The molecule has 1 heterocycles. The van der Waals surface area contributed by atoms with Crippen LogP contribution in [0.25, 0.3) is 0 Å². The van der Waals surface area contributed by atoms with E-state index >= 15 is 0 Å². The summed E-state index contributed by atoms with van der Waals surface area (Å²) < 4.78 is 0. The number of carboxylic acids is 1. The third-order valence-corrected chi connectivity index (χ3v) is 3.27. The second kappa shape index (κ2) is 2.87. The fourth-order valence-corrected chi connectivity index (χ4v) is 2.10. The summed E-state index contributed by atoms with van der Waals surface area (Å²) in [6.07, 6.45) is 4.22. The highest BCUT2D eigenvalue weighted by molar-refractivity contribution is 5.70. The number of nitrogens with one attached hydrogen (secondary N) is 1. The second-order valence-electron chi connectivity index (χ2n) is 4.32. The van der Waals surface area contributed by atoms with E-state index in [1.54, 1.807) is 0 Å². The normalized spacial score (nSPS) is 18.1. The Bertz CT molecular complexity index is 375. The average Bonchev–Trinajstić information content (AvgIpc) is 2.76. The number of rotatable bonds is 3. The van der Waals surface area contributed by atoms with Crippen LogP contribution in [0.5, 0.6) is 0 Å². The molecule has 3 nitrogen and oxygen atoms in total. The summed E-state index contributed by atoms with van der Waals surface area (Å²) in [6.45, 7) is 4.11. The molecule has 1 aromatic rings. The van der Waals surface area contributed by atoms with Crippen LogP contribution in [-0.4, -0.2) is 16.1 Å². The Morgan fingerprint density at radius 2 is 2.21 bits per heavy atom. The minimum absolute atomic E-state index is 0.0792. The highest BCUT2D eigenvalue weighted by Crippen LogP contribution is 2.51. The second-order valence-corrected chi connectivity index (χ2v) is 4.32. The van der Waals surface area contributed by atoms with Gasteiger partial charge >= 0.3 is 5.97 Å². The molecule has 0 atom stereocenters. The summed E-state index contributed by atoms with van der Waals surface area (Å²) >= 11 is 0. The molecule has 0 unspecified atom stereocenters. The van der Waals surface area contributed by atoms with E-state index in [4.69, 9.17) is 5.11 Å². The van der Waals surface area contributed by atoms with E-state index in [1.165, 1.54) is 11.1 Å². The van der Waals surface area contributed by atoms with Crippen molar-refractivity contribution in [2.75, 3.05) is 0 Å². The van der Waals surface area contributed by atoms with Crippen LogP contribution < -0.4 is 0 Å². The maximum Gasteiger partial charge on any atom is 0.304 e. The van der Waals surface area contributed by atoms with Gasteiger partial charge in [0.25, 0.3) is 0 Å². The highest BCUT2D eigenvalue weighted by atomic mass is 16.4. The molecular weight excluding hydrogens is 178 g/mol. The van der Waals surface area contributed by atoms with E-state index in [9.17, 15) is 4.79 Å². The van der Waals surface area contributed by atoms with Gasteiger partial charge in [-0.05, 0) is 37.8 Å². The smallest absolute Gasteiger partial charge is 0.304 e. The Morgan fingerprint density at radius 1 is 1.57 bits per heavy atom. The zero-order chi connectivity index (χ0) is 10.3. The number of aromatic amines is 1. The fourth-order valence-electron chi connectivity index (χ4n) is 2.10. The zero-order valence-electron chi connectivity index (χ0n) is 8.55. The number of carboxylic acid groups (broad SMARTS) is 1. The van der Waals surface area contributed by atoms with Crippen LogP contribution in [0.2, 0.25) is 0 Å². The van der Waals surface area contributed by atoms with Crippen molar-refractivity contribution in [1.29, 1.82) is 0 Å². The minimum Gasteiger partial charge on any atom is -0.481 e. The molecule has 2 rings (SSSR count). The first-order valence-corrected chi connectivity index (χ1v) is 4.92.